The number of aromatic amines is 1. The van der Waals surface area contributed by atoms with Crippen LogP contribution in [0, 0.1) is 11.6 Å². The van der Waals surface area contributed by atoms with E-state index < -0.39 is 57.7 Å². The predicted molar refractivity (Wildman–Crippen MR) is 133 cm³/mol. The number of carbonyl (C=O) groups is 2. The van der Waals surface area contributed by atoms with E-state index in [0.29, 0.717) is 25.8 Å². The van der Waals surface area contributed by atoms with E-state index in [1.54, 1.807) is 4.90 Å². The van der Waals surface area contributed by atoms with Crippen LogP contribution in [0.3, 0.4) is 0 Å². The molecule has 1 saturated heterocycles. The van der Waals surface area contributed by atoms with Crippen LogP contribution in [0.4, 0.5) is 38.1 Å². The number of anilines is 2. The number of rotatable bonds is 4. The number of hydrogen-bond acceptors (Lipinski definition) is 5. The summed E-state index contributed by atoms with van der Waals surface area (Å²) in [5, 5.41) is 11.4. The molecular formula is C25H26F5N5O4. The summed E-state index contributed by atoms with van der Waals surface area (Å²) < 4.78 is 72.3. The molecule has 1 aromatic carbocycles. The second-order valence-corrected chi connectivity index (χ2v) is 9.50. The zero-order valence-corrected chi connectivity index (χ0v) is 21.0. The lowest BCUT2D eigenvalue weighted by molar-refractivity contribution is -0.138. The molecule has 2 aliphatic heterocycles. The molecular weight excluding hydrogens is 529 g/mol. The third-order valence-corrected chi connectivity index (χ3v) is 7.01. The van der Waals surface area contributed by atoms with E-state index in [9.17, 15) is 27.6 Å². The van der Waals surface area contributed by atoms with Gasteiger partial charge in [0.15, 0.2) is 5.82 Å². The summed E-state index contributed by atoms with van der Waals surface area (Å²) in [7, 11) is 1.87. The van der Waals surface area contributed by atoms with Crippen molar-refractivity contribution >= 4 is 28.9 Å². The number of alkyl halides is 3. The molecule has 210 valence electrons. The molecule has 9 nitrogen and oxygen atoms in total. The fraction of sp³-hybridized carbons (Fsp3) is 0.400. The van der Waals surface area contributed by atoms with Gasteiger partial charge in [0.1, 0.15) is 11.5 Å². The maximum absolute atomic E-state index is 16.1. The molecule has 3 N–H and O–H groups in total. The first-order chi connectivity index (χ1) is 18.3. The minimum Gasteiger partial charge on any atom is -0.465 e. The van der Waals surface area contributed by atoms with Crippen LogP contribution < -0.4 is 15.8 Å². The number of aromatic nitrogens is 1. The van der Waals surface area contributed by atoms with Crippen LogP contribution in [0.25, 0.3) is 5.57 Å². The monoisotopic (exact) mass is 555 g/mol. The van der Waals surface area contributed by atoms with E-state index in [-0.39, 0.29) is 42.9 Å². The first-order valence-electron chi connectivity index (χ1n) is 12.0. The molecule has 39 heavy (non-hydrogen) atoms. The summed E-state index contributed by atoms with van der Waals surface area (Å²) in [5.74, 6) is -3.51. The SMILES string of the molecule is CC1CN(c2cc(F)c(C3=CCN(C(=O)O)CC3)c(F)c2NC(=O)c2c[nH]c(=O)cc2C(F)(F)F)CCN1C. The topological polar surface area (TPSA) is 109 Å². The highest BCUT2D eigenvalue weighted by Crippen LogP contribution is 2.39. The fourth-order valence-electron chi connectivity index (χ4n) is 4.68. The Hall–Kier alpha value is -3.94. The molecule has 2 amide bonds. The highest BCUT2D eigenvalue weighted by atomic mass is 19.4. The number of amides is 2. The van der Waals surface area contributed by atoms with Crippen LogP contribution in [-0.4, -0.2) is 77.7 Å². The van der Waals surface area contributed by atoms with Crippen molar-refractivity contribution in [2.45, 2.75) is 25.6 Å². The number of piperazine rings is 1. The molecule has 1 fully saturated rings. The van der Waals surface area contributed by atoms with E-state index >= 15 is 8.78 Å². The van der Waals surface area contributed by atoms with Crippen LogP contribution >= 0.6 is 0 Å². The molecule has 4 rings (SSSR count). The second kappa shape index (κ2) is 10.7. The average molecular weight is 556 g/mol. The second-order valence-electron chi connectivity index (χ2n) is 9.50. The number of pyridine rings is 1. The van der Waals surface area contributed by atoms with Crippen LogP contribution in [-0.2, 0) is 6.18 Å². The minimum absolute atomic E-state index is 0.0173. The zero-order chi connectivity index (χ0) is 28.6. The van der Waals surface area contributed by atoms with Gasteiger partial charge in [-0.25, -0.2) is 13.6 Å². The van der Waals surface area contributed by atoms with E-state index in [0.717, 1.165) is 11.0 Å². The summed E-state index contributed by atoms with van der Waals surface area (Å²) >= 11 is 0. The van der Waals surface area contributed by atoms with Gasteiger partial charge in [-0.1, -0.05) is 6.08 Å². The Morgan fingerprint density at radius 2 is 1.87 bits per heavy atom. The van der Waals surface area contributed by atoms with Gasteiger partial charge >= 0.3 is 12.3 Å². The quantitative estimate of drug-likeness (QED) is 0.495. The molecule has 3 heterocycles. The van der Waals surface area contributed by atoms with Crippen molar-refractivity contribution in [1.82, 2.24) is 14.8 Å². The smallest absolute Gasteiger partial charge is 0.417 e. The van der Waals surface area contributed by atoms with Gasteiger partial charge in [-0.2, -0.15) is 13.2 Å². The number of nitrogens with one attached hydrogen (secondary N) is 2. The Bertz CT molecular complexity index is 1390. The van der Waals surface area contributed by atoms with Crippen molar-refractivity contribution < 1.29 is 36.6 Å². The zero-order valence-electron chi connectivity index (χ0n) is 21.0. The number of H-pyrrole nitrogens is 1. The minimum atomic E-state index is -5.05. The molecule has 0 bridgehead atoms. The molecule has 0 radical (unpaired) electrons. The van der Waals surface area contributed by atoms with Crippen LogP contribution in [0.15, 0.2) is 29.2 Å². The number of likely N-dealkylation sites (N-methyl/N-ethyl adjacent to an activating group) is 1. The summed E-state index contributed by atoms with van der Waals surface area (Å²) in [6.07, 6.45) is -4.32. The van der Waals surface area contributed by atoms with Crippen molar-refractivity contribution in [2.75, 3.05) is 50.0 Å². The lowest BCUT2D eigenvalue weighted by Gasteiger charge is -2.40. The maximum atomic E-state index is 16.1. The maximum Gasteiger partial charge on any atom is 0.417 e. The predicted octanol–water partition coefficient (Wildman–Crippen LogP) is 3.83. The first kappa shape index (κ1) is 28.1. The molecule has 2 aliphatic rings. The van der Waals surface area contributed by atoms with Crippen molar-refractivity contribution in [3.8, 4) is 0 Å². The van der Waals surface area contributed by atoms with Gasteiger partial charge in [0, 0.05) is 57.1 Å². The Balaban J connectivity index is 1.81. The molecule has 0 saturated carbocycles. The van der Waals surface area contributed by atoms with Crippen LogP contribution in [0.5, 0.6) is 0 Å². The molecule has 1 atom stereocenters. The third kappa shape index (κ3) is 5.75. The Morgan fingerprint density at radius 3 is 2.46 bits per heavy atom. The number of halogens is 5. The lowest BCUT2D eigenvalue weighted by atomic mass is 9.96. The number of carbonyl (C=O) groups excluding carboxylic acids is 1. The van der Waals surface area contributed by atoms with Crippen molar-refractivity contribution in [3.63, 3.8) is 0 Å². The number of benzene rings is 1. The Labute approximate surface area is 219 Å². The van der Waals surface area contributed by atoms with Crippen molar-refractivity contribution in [1.29, 1.82) is 0 Å². The van der Waals surface area contributed by atoms with E-state index in [2.05, 4.69) is 5.32 Å². The standard InChI is InChI=1S/C25H26F5N5O4/c1-13-12-35(8-7-33(13)2)18-10-17(26)20(14-3-5-34(6-4-14)24(38)39)21(27)22(18)32-23(37)15-11-31-19(36)9-16(15)25(28,29)30/h3,9-11,13H,4-8,12H2,1-2H3,(H,31,36)(H,32,37)(H,38,39). The average Bonchev–Trinajstić information content (AvgIpc) is 2.87. The van der Waals surface area contributed by atoms with Gasteiger partial charge in [0.2, 0.25) is 5.56 Å². The number of carboxylic acid groups (broad SMARTS) is 1. The largest absolute Gasteiger partial charge is 0.465 e. The van der Waals surface area contributed by atoms with Gasteiger partial charge in [0.25, 0.3) is 5.91 Å². The van der Waals surface area contributed by atoms with Crippen molar-refractivity contribution in [3.05, 3.63) is 63.1 Å². The molecule has 1 aromatic heterocycles. The highest BCUT2D eigenvalue weighted by Gasteiger charge is 2.37. The van der Waals surface area contributed by atoms with Gasteiger partial charge < -0.3 is 30.1 Å². The number of nitrogens with zero attached hydrogens (tertiary/aromatic N) is 3. The summed E-state index contributed by atoms with van der Waals surface area (Å²) in [5.41, 5.74) is -4.45. The molecule has 14 heteroatoms. The molecule has 0 aliphatic carbocycles. The van der Waals surface area contributed by atoms with Crippen LogP contribution in [0.2, 0.25) is 0 Å². The highest BCUT2D eigenvalue weighted by molar-refractivity contribution is 6.07. The summed E-state index contributed by atoms with van der Waals surface area (Å²) in [4.78, 5) is 42.5. The van der Waals surface area contributed by atoms with Crippen LogP contribution in [0.1, 0.15) is 34.8 Å². The normalized spacial score (nSPS) is 18.6. The fourth-order valence-corrected chi connectivity index (χ4v) is 4.68. The summed E-state index contributed by atoms with van der Waals surface area (Å²) in [6.45, 7) is 2.92. The van der Waals surface area contributed by atoms with E-state index in [1.165, 1.54) is 6.08 Å². The first-order valence-corrected chi connectivity index (χ1v) is 12.0. The van der Waals surface area contributed by atoms with Gasteiger partial charge in [-0.3, -0.25) is 9.59 Å². The van der Waals surface area contributed by atoms with Crippen molar-refractivity contribution in [2.24, 2.45) is 0 Å². The van der Waals surface area contributed by atoms with Gasteiger partial charge in [0.05, 0.1) is 22.4 Å². The molecule has 2 aromatic rings. The van der Waals surface area contributed by atoms with Gasteiger partial charge in [-0.05, 0) is 26.0 Å². The van der Waals surface area contributed by atoms with E-state index in [1.807, 2.05) is 23.9 Å². The number of hydrogen-bond donors (Lipinski definition) is 3. The lowest BCUT2D eigenvalue weighted by Crippen LogP contribution is -2.50. The van der Waals surface area contributed by atoms with Gasteiger partial charge in [-0.15, -0.1) is 0 Å². The van der Waals surface area contributed by atoms with E-state index in [4.69, 9.17) is 5.11 Å². The molecule has 0 spiro atoms. The molecule has 1 unspecified atom stereocenters. The Kier molecular flexibility index (Phi) is 7.68. The summed E-state index contributed by atoms with van der Waals surface area (Å²) in [6, 6.07) is 1.21. The Morgan fingerprint density at radius 1 is 1.15 bits per heavy atom. The third-order valence-electron chi connectivity index (χ3n) is 7.01.